The third kappa shape index (κ3) is 3.00. The summed E-state index contributed by atoms with van der Waals surface area (Å²) in [6.45, 7) is 3.17. The van der Waals surface area contributed by atoms with Gasteiger partial charge in [0.2, 0.25) is 0 Å². The molecule has 1 atom stereocenters. The molecule has 1 amide bonds. The SMILES string of the molecule is CC1CN(C(=O)c2cn(CC(=O)O)nn2)CCS1. The summed E-state index contributed by atoms with van der Waals surface area (Å²) in [6.07, 6.45) is 1.38. The Kier molecular flexibility index (Phi) is 3.85. The van der Waals surface area contributed by atoms with Gasteiger partial charge >= 0.3 is 5.97 Å². The minimum Gasteiger partial charge on any atom is -0.480 e. The first-order valence-corrected chi connectivity index (χ1v) is 6.64. The second kappa shape index (κ2) is 5.38. The largest absolute Gasteiger partial charge is 0.480 e. The van der Waals surface area contributed by atoms with Gasteiger partial charge in [-0.3, -0.25) is 9.59 Å². The molecule has 98 valence electrons. The Balaban J connectivity index is 2.04. The van der Waals surface area contributed by atoms with Crippen molar-refractivity contribution in [3.8, 4) is 0 Å². The molecule has 1 aromatic rings. The van der Waals surface area contributed by atoms with Gasteiger partial charge in [-0.2, -0.15) is 11.8 Å². The van der Waals surface area contributed by atoms with Gasteiger partial charge in [0.15, 0.2) is 5.69 Å². The third-order valence-corrected chi connectivity index (χ3v) is 3.72. The molecule has 18 heavy (non-hydrogen) atoms. The van der Waals surface area contributed by atoms with E-state index in [1.54, 1.807) is 4.90 Å². The van der Waals surface area contributed by atoms with Crippen LogP contribution in [-0.2, 0) is 11.3 Å². The maximum Gasteiger partial charge on any atom is 0.325 e. The summed E-state index contributed by atoms with van der Waals surface area (Å²) in [7, 11) is 0. The van der Waals surface area contributed by atoms with Crippen LogP contribution in [0, 0.1) is 0 Å². The highest BCUT2D eigenvalue weighted by atomic mass is 32.2. The lowest BCUT2D eigenvalue weighted by Gasteiger charge is -2.29. The Morgan fingerprint density at radius 3 is 3.06 bits per heavy atom. The van der Waals surface area contributed by atoms with Crippen LogP contribution >= 0.6 is 11.8 Å². The molecule has 7 nitrogen and oxygen atoms in total. The van der Waals surface area contributed by atoms with Crippen molar-refractivity contribution in [1.82, 2.24) is 19.9 Å². The molecule has 1 fully saturated rings. The molecule has 1 N–H and O–H groups in total. The first-order chi connectivity index (χ1) is 8.56. The summed E-state index contributed by atoms with van der Waals surface area (Å²) >= 11 is 1.84. The number of hydrogen-bond acceptors (Lipinski definition) is 5. The van der Waals surface area contributed by atoms with Gasteiger partial charge in [0.05, 0.1) is 6.20 Å². The average Bonchev–Trinajstić information content (AvgIpc) is 2.75. The molecule has 0 radical (unpaired) electrons. The lowest BCUT2D eigenvalue weighted by Crippen LogP contribution is -2.41. The van der Waals surface area contributed by atoms with Crippen LogP contribution in [0.4, 0.5) is 0 Å². The van der Waals surface area contributed by atoms with Crippen LogP contribution in [0.1, 0.15) is 17.4 Å². The molecule has 0 saturated carbocycles. The number of carbonyl (C=O) groups is 2. The molecule has 0 bridgehead atoms. The van der Waals surface area contributed by atoms with Gasteiger partial charge in [-0.05, 0) is 0 Å². The number of carboxylic acids is 1. The summed E-state index contributed by atoms with van der Waals surface area (Å²) in [5.41, 5.74) is 0.204. The Hall–Kier alpha value is -1.57. The molecule has 0 aliphatic carbocycles. The van der Waals surface area contributed by atoms with Crippen molar-refractivity contribution in [3.63, 3.8) is 0 Å². The lowest BCUT2D eigenvalue weighted by molar-refractivity contribution is -0.137. The molecule has 8 heteroatoms. The first kappa shape index (κ1) is 12.9. The van der Waals surface area contributed by atoms with E-state index in [0.29, 0.717) is 18.3 Å². The van der Waals surface area contributed by atoms with Gasteiger partial charge in [-0.1, -0.05) is 12.1 Å². The van der Waals surface area contributed by atoms with Gasteiger partial charge in [0.25, 0.3) is 5.91 Å². The van der Waals surface area contributed by atoms with E-state index in [0.717, 1.165) is 10.4 Å². The fourth-order valence-electron chi connectivity index (χ4n) is 1.78. The van der Waals surface area contributed by atoms with Gasteiger partial charge in [0.1, 0.15) is 6.54 Å². The Labute approximate surface area is 108 Å². The highest BCUT2D eigenvalue weighted by Gasteiger charge is 2.24. The molecule has 1 unspecified atom stereocenters. The number of carbonyl (C=O) groups excluding carboxylic acids is 1. The zero-order valence-corrected chi connectivity index (χ0v) is 10.8. The van der Waals surface area contributed by atoms with E-state index in [-0.39, 0.29) is 18.1 Å². The Morgan fingerprint density at radius 2 is 2.39 bits per heavy atom. The normalized spacial score (nSPS) is 19.8. The van der Waals surface area contributed by atoms with Crippen LogP contribution in [0.25, 0.3) is 0 Å². The minimum atomic E-state index is -1.01. The van der Waals surface area contributed by atoms with Crippen LogP contribution < -0.4 is 0 Å². The van der Waals surface area contributed by atoms with E-state index in [1.165, 1.54) is 6.20 Å². The zero-order chi connectivity index (χ0) is 13.1. The van der Waals surface area contributed by atoms with Gasteiger partial charge in [-0.15, -0.1) is 5.10 Å². The summed E-state index contributed by atoms with van der Waals surface area (Å²) in [5, 5.41) is 16.4. The number of thioether (sulfide) groups is 1. The number of nitrogens with zero attached hydrogens (tertiary/aromatic N) is 4. The molecule has 1 saturated heterocycles. The summed E-state index contributed by atoms with van der Waals surface area (Å²) < 4.78 is 1.15. The maximum atomic E-state index is 12.1. The van der Waals surface area contributed by atoms with Crippen molar-refractivity contribution < 1.29 is 14.7 Å². The van der Waals surface area contributed by atoms with E-state index >= 15 is 0 Å². The minimum absolute atomic E-state index is 0.182. The van der Waals surface area contributed by atoms with Gasteiger partial charge in [-0.25, -0.2) is 4.68 Å². The molecule has 0 spiro atoms. The van der Waals surface area contributed by atoms with Crippen molar-refractivity contribution in [2.45, 2.75) is 18.7 Å². The van der Waals surface area contributed by atoms with Gasteiger partial charge < -0.3 is 10.0 Å². The molecule has 2 heterocycles. The zero-order valence-electron chi connectivity index (χ0n) is 9.94. The smallest absolute Gasteiger partial charge is 0.325 e. The number of aromatic nitrogens is 3. The molecule has 1 aliphatic rings. The topological polar surface area (TPSA) is 88.3 Å². The lowest BCUT2D eigenvalue weighted by atomic mass is 10.3. The van der Waals surface area contributed by atoms with E-state index in [4.69, 9.17) is 5.11 Å². The summed E-state index contributed by atoms with van der Waals surface area (Å²) in [6, 6.07) is 0. The number of hydrogen-bond donors (Lipinski definition) is 1. The Bertz CT molecular complexity index is 462. The predicted octanol–water partition coefficient (Wildman–Crippen LogP) is -0.0598. The quantitative estimate of drug-likeness (QED) is 0.828. The molecule has 1 aromatic heterocycles. The monoisotopic (exact) mass is 270 g/mol. The summed E-state index contributed by atoms with van der Waals surface area (Å²) in [5.74, 6) is -0.281. The van der Waals surface area contributed by atoms with E-state index in [9.17, 15) is 9.59 Å². The fraction of sp³-hybridized carbons (Fsp3) is 0.600. The summed E-state index contributed by atoms with van der Waals surface area (Å²) in [4.78, 5) is 24.3. The molecule has 1 aliphatic heterocycles. The second-order valence-corrected chi connectivity index (χ2v) is 5.67. The van der Waals surface area contributed by atoms with E-state index in [2.05, 4.69) is 17.2 Å². The van der Waals surface area contributed by atoms with Crippen LogP contribution in [0.5, 0.6) is 0 Å². The van der Waals surface area contributed by atoms with E-state index < -0.39 is 5.97 Å². The molecule has 0 aromatic carbocycles. The highest BCUT2D eigenvalue weighted by molar-refractivity contribution is 7.99. The number of aliphatic carboxylic acids is 1. The first-order valence-electron chi connectivity index (χ1n) is 5.59. The average molecular weight is 270 g/mol. The van der Waals surface area contributed by atoms with Crippen molar-refractivity contribution in [1.29, 1.82) is 0 Å². The van der Waals surface area contributed by atoms with E-state index in [1.807, 2.05) is 11.8 Å². The standard InChI is InChI=1S/C10H14N4O3S/c1-7-4-13(2-3-18-7)10(17)8-5-14(12-11-8)6-9(15)16/h5,7H,2-4,6H2,1H3,(H,15,16). The van der Waals surface area contributed by atoms with Crippen LogP contribution in [0.15, 0.2) is 6.20 Å². The van der Waals surface area contributed by atoms with Crippen molar-refractivity contribution in [3.05, 3.63) is 11.9 Å². The van der Waals surface area contributed by atoms with Crippen LogP contribution in [0.2, 0.25) is 0 Å². The van der Waals surface area contributed by atoms with Crippen LogP contribution in [0.3, 0.4) is 0 Å². The molecular weight excluding hydrogens is 256 g/mol. The van der Waals surface area contributed by atoms with Crippen molar-refractivity contribution >= 4 is 23.6 Å². The van der Waals surface area contributed by atoms with Crippen molar-refractivity contribution in [2.24, 2.45) is 0 Å². The highest BCUT2D eigenvalue weighted by Crippen LogP contribution is 2.18. The third-order valence-electron chi connectivity index (χ3n) is 2.58. The Morgan fingerprint density at radius 1 is 1.61 bits per heavy atom. The maximum absolute atomic E-state index is 12.1. The number of carboxylic acid groups (broad SMARTS) is 1. The fourth-order valence-corrected chi connectivity index (χ4v) is 2.79. The number of rotatable bonds is 3. The molecule has 2 rings (SSSR count). The van der Waals surface area contributed by atoms with Crippen LogP contribution in [-0.4, -0.2) is 61.0 Å². The van der Waals surface area contributed by atoms with Gasteiger partial charge in [0, 0.05) is 24.1 Å². The number of amides is 1. The predicted molar refractivity (Wildman–Crippen MR) is 65.5 cm³/mol. The van der Waals surface area contributed by atoms with Crippen molar-refractivity contribution in [2.75, 3.05) is 18.8 Å². The molecular formula is C10H14N4O3S. The second-order valence-electron chi connectivity index (χ2n) is 4.13.